The van der Waals surface area contributed by atoms with Crippen molar-refractivity contribution in [2.45, 2.75) is 25.8 Å². The summed E-state index contributed by atoms with van der Waals surface area (Å²) in [7, 11) is 4.56. The number of methoxy groups -OCH3 is 3. The first-order valence-electron chi connectivity index (χ1n) is 6.08. The van der Waals surface area contributed by atoms with Gasteiger partial charge in [0.05, 0.1) is 7.11 Å². The highest BCUT2D eigenvalue weighted by atomic mass is 16.7. The Morgan fingerprint density at radius 1 is 1.21 bits per heavy atom. The molecule has 5 nitrogen and oxygen atoms in total. The number of carbonyl (C=O) groups is 1. The summed E-state index contributed by atoms with van der Waals surface area (Å²) in [6.07, 6.45) is -0.411. The average molecular weight is 267 g/mol. The van der Waals surface area contributed by atoms with Gasteiger partial charge in [0.2, 0.25) is 0 Å². The quantitative estimate of drug-likeness (QED) is 0.601. The third-order valence-corrected chi connectivity index (χ3v) is 2.89. The Kier molecular flexibility index (Phi) is 6.49. The highest BCUT2D eigenvalue weighted by Gasteiger charge is 2.16. The first-order valence-corrected chi connectivity index (χ1v) is 6.08. The Morgan fingerprint density at radius 2 is 1.84 bits per heavy atom. The van der Waals surface area contributed by atoms with Crippen molar-refractivity contribution in [2.75, 3.05) is 21.3 Å². The van der Waals surface area contributed by atoms with Gasteiger partial charge in [0.1, 0.15) is 6.04 Å². The summed E-state index contributed by atoms with van der Waals surface area (Å²) >= 11 is 0. The van der Waals surface area contributed by atoms with Crippen molar-refractivity contribution in [1.29, 1.82) is 0 Å². The van der Waals surface area contributed by atoms with Crippen LogP contribution in [0.2, 0.25) is 0 Å². The van der Waals surface area contributed by atoms with Crippen molar-refractivity contribution in [2.24, 2.45) is 0 Å². The Hall–Kier alpha value is -1.43. The minimum absolute atomic E-state index is 0.285. The molecule has 0 aliphatic rings. The van der Waals surface area contributed by atoms with E-state index in [9.17, 15) is 4.79 Å². The van der Waals surface area contributed by atoms with Crippen LogP contribution < -0.4 is 5.32 Å². The Bertz CT molecular complexity index is 404. The zero-order valence-corrected chi connectivity index (χ0v) is 11.8. The van der Waals surface area contributed by atoms with E-state index in [1.54, 1.807) is 21.1 Å². The van der Waals surface area contributed by atoms with Crippen LogP contribution in [0.4, 0.5) is 0 Å². The fourth-order valence-corrected chi connectivity index (χ4v) is 1.80. The fraction of sp³-hybridized carbons (Fsp3) is 0.500. The van der Waals surface area contributed by atoms with Crippen molar-refractivity contribution < 1.29 is 19.0 Å². The molecule has 1 aromatic rings. The molecule has 0 aromatic heterocycles. The second-order valence-corrected chi connectivity index (χ2v) is 4.13. The van der Waals surface area contributed by atoms with Crippen molar-refractivity contribution in [3.05, 3.63) is 35.4 Å². The van der Waals surface area contributed by atoms with E-state index in [1.165, 1.54) is 7.11 Å². The molecule has 1 aromatic carbocycles. The normalized spacial score (nSPS) is 12.5. The van der Waals surface area contributed by atoms with Gasteiger partial charge in [0.25, 0.3) is 0 Å². The third-order valence-electron chi connectivity index (χ3n) is 2.89. The predicted molar refractivity (Wildman–Crippen MR) is 71.5 cm³/mol. The van der Waals surface area contributed by atoms with E-state index in [0.29, 0.717) is 6.54 Å². The maximum absolute atomic E-state index is 11.3. The minimum atomic E-state index is -0.411. The van der Waals surface area contributed by atoms with Gasteiger partial charge < -0.3 is 19.5 Å². The topological polar surface area (TPSA) is 56.8 Å². The summed E-state index contributed by atoms with van der Waals surface area (Å²) in [4.78, 5) is 11.3. The van der Waals surface area contributed by atoms with Gasteiger partial charge in [-0.15, -0.1) is 0 Å². The molecule has 0 saturated carbocycles. The van der Waals surface area contributed by atoms with Crippen molar-refractivity contribution >= 4 is 5.97 Å². The zero-order valence-electron chi connectivity index (χ0n) is 11.8. The summed E-state index contributed by atoms with van der Waals surface area (Å²) in [6.45, 7) is 2.30. The van der Waals surface area contributed by atoms with Crippen LogP contribution in [0.3, 0.4) is 0 Å². The van der Waals surface area contributed by atoms with E-state index in [4.69, 9.17) is 9.47 Å². The van der Waals surface area contributed by atoms with Crippen LogP contribution in [-0.2, 0) is 25.5 Å². The Labute approximate surface area is 113 Å². The molecule has 0 spiro atoms. The first kappa shape index (κ1) is 15.6. The van der Waals surface area contributed by atoms with Gasteiger partial charge in [0, 0.05) is 26.3 Å². The largest absolute Gasteiger partial charge is 0.468 e. The number of ether oxygens (including phenoxy) is 3. The smallest absolute Gasteiger partial charge is 0.322 e. The molecule has 0 fully saturated rings. The molecule has 0 bridgehead atoms. The molecule has 1 atom stereocenters. The lowest BCUT2D eigenvalue weighted by Crippen LogP contribution is -2.34. The molecule has 1 unspecified atom stereocenters. The van der Waals surface area contributed by atoms with Crippen LogP contribution in [0, 0.1) is 0 Å². The van der Waals surface area contributed by atoms with Gasteiger partial charge in [-0.2, -0.15) is 0 Å². The Balaban J connectivity index is 2.75. The molecular formula is C14H21NO4. The standard InChI is InChI=1S/C14H21NO4/c1-10(13(16)17-2)15-9-11-7-5-6-8-12(11)14(18-3)19-4/h5-8,10,14-15H,9H2,1-4H3. The number of nitrogens with one attached hydrogen (secondary N) is 1. The highest BCUT2D eigenvalue weighted by Crippen LogP contribution is 2.21. The molecule has 0 saturated heterocycles. The van der Waals surface area contributed by atoms with Crippen LogP contribution in [-0.4, -0.2) is 33.3 Å². The highest BCUT2D eigenvalue weighted by molar-refractivity contribution is 5.75. The van der Waals surface area contributed by atoms with E-state index in [-0.39, 0.29) is 12.0 Å². The summed E-state index contributed by atoms with van der Waals surface area (Å²) in [5.41, 5.74) is 1.96. The molecule has 106 valence electrons. The second-order valence-electron chi connectivity index (χ2n) is 4.13. The zero-order chi connectivity index (χ0) is 14.3. The van der Waals surface area contributed by atoms with Crippen molar-refractivity contribution in [3.8, 4) is 0 Å². The lowest BCUT2D eigenvalue weighted by molar-refractivity contribution is -0.142. The van der Waals surface area contributed by atoms with Crippen LogP contribution in [0.1, 0.15) is 24.3 Å². The Morgan fingerprint density at radius 3 is 2.42 bits per heavy atom. The van der Waals surface area contributed by atoms with E-state index >= 15 is 0 Å². The predicted octanol–water partition coefficient (Wildman–Crippen LogP) is 1.63. The third kappa shape index (κ3) is 4.31. The number of benzene rings is 1. The SMILES string of the molecule is COC(=O)C(C)NCc1ccccc1C(OC)OC. The maximum Gasteiger partial charge on any atom is 0.322 e. The fourth-order valence-electron chi connectivity index (χ4n) is 1.80. The molecule has 0 aliphatic carbocycles. The summed E-state index contributed by atoms with van der Waals surface area (Å²) in [6, 6.07) is 7.41. The van der Waals surface area contributed by atoms with Crippen molar-refractivity contribution in [1.82, 2.24) is 5.32 Å². The van der Waals surface area contributed by atoms with Crippen LogP contribution in [0.15, 0.2) is 24.3 Å². The first-order chi connectivity index (χ1) is 9.13. The van der Waals surface area contributed by atoms with E-state index in [1.807, 2.05) is 24.3 Å². The number of esters is 1. The summed E-state index contributed by atoms with van der Waals surface area (Å²) in [5.74, 6) is -0.285. The van der Waals surface area contributed by atoms with Gasteiger partial charge in [-0.05, 0) is 12.5 Å². The molecule has 0 heterocycles. The molecule has 0 amide bonds. The van der Waals surface area contributed by atoms with Gasteiger partial charge >= 0.3 is 5.97 Å². The molecule has 0 aliphatic heterocycles. The van der Waals surface area contributed by atoms with E-state index in [0.717, 1.165) is 11.1 Å². The minimum Gasteiger partial charge on any atom is -0.468 e. The summed E-state index contributed by atoms with van der Waals surface area (Å²) < 4.78 is 15.2. The van der Waals surface area contributed by atoms with Crippen LogP contribution >= 0.6 is 0 Å². The molecule has 1 N–H and O–H groups in total. The number of hydrogen-bond acceptors (Lipinski definition) is 5. The van der Waals surface area contributed by atoms with Crippen LogP contribution in [0.5, 0.6) is 0 Å². The monoisotopic (exact) mass is 267 g/mol. The van der Waals surface area contributed by atoms with Crippen molar-refractivity contribution in [3.63, 3.8) is 0 Å². The van der Waals surface area contributed by atoms with Gasteiger partial charge in [0.15, 0.2) is 6.29 Å². The molecule has 5 heteroatoms. The van der Waals surface area contributed by atoms with Gasteiger partial charge in [-0.25, -0.2) is 0 Å². The van der Waals surface area contributed by atoms with E-state index in [2.05, 4.69) is 10.1 Å². The number of hydrogen-bond donors (Lipinski definition) is 1. The number of carbonyl (C=O) groups excluding carboxylic acids is 1. The molecule has 19 heavy (non-hydrogen) atoms. The summed E-state index contributed by atoms with van der Waals surface area (Å²) in [5, 5.41) is 3.11. The lowest BCUT2D eigenvalue weighted by Gasteiger charge is -2.19. The molecule has 0 radical (unpaired) electrons. The van der Waals surface area contributed by atoms with Gasteiger partial charge in [-0.3, -0.25) is 4.79 Å². The molecule has 1 rings (SSSR count). The van der Waals surface area contributed by atoms with E-state index < -0.39 is 6.29 Å². The van der Waals surface area contributed by atoms with Crippen LogP contribution in [0.25, 0.3) is 0 Å². The second kappa shape index (κ2) is 7.89. The number of rotatable bonds is 7. The van der Waals surface area contributed by atoms with Gasteiger partial charge in [-0.1, -0.05) is 24.3 Å². The average Bonchev–Trinajstić information content (AvgIpc) is 2.46. The maximum atomic E-state index is 11.3. The molecular weight excluding hydrogens is 246 g/mol. The lowest BCUT2D eigenvalue weighted by atomic mass is 10.1.